The van der Waals surface area contributed by atoms with E-state index >= 15 is 0 Å². The van der Waals surface area contributed by atoms with Crippen LogP contribution in [0.2, 0.25) is 0 Å². The molecule has 0 bridgehead atoms. The van der Waals surface area contributed by atoms with E-state index in [9.17, 15) is 9.59 Å². The first-order chi connectivity index (χ1) is 16.0. The number of nitrogens with zero attached hydrogens (tertiary/aromatic N) is 5. The molecule has 0 spiro atoms. The molecule has 2 saturated carbocycles. The van der Waals surface area contributed by atoms with Crippen molar-refractivity contribution in [3.63, 3.8) is 0 Å². The number of aliphatic hydroxyl groups is 2. The second-order valence-corrected chi connectivity index (χ2v) is 9.01. The highest BCUT2D eigenvalue weighted by molar-refractivity contribution is 6.27. The van der Waals surface area contributed by atoms with Gasteiger partial charge in [0.1, 0.15) is 24.1 Å². The third kappa shape index (κ3) is 6.37. The fourth-order valence-corrected chi connectivity index (χ4v) is 4.14. The smallest absolute Gasteiger partial charge is 0.242 e. The van der Waals surface area contributed by atoms with Crippen molar-refractivity contribution in [1.82, 2.24) is 29.3 Å². The number of aromatic nitrogens is 4. The van der Waals surface area contributed by atoms with E-state index in [1.165, 1.54) is 30.6 Å². The minimum atomic E-state index is -0.178. The summed E-state index contributed by atoms with van der Waals surface area (Å²) >= 11 is 5.52. The fourth-order valence-electron chi connectivity index (χ4n) is 3.97. The van der Waals surface area contributed by atoms with Crippen LogP contribution in [0.4, 0.5) is 0 Å². The summed E-state index contributed by atoms with van der Waals surface area (Å²) < 4.78 is 2.05. The van der Waals surface area contributed by atoms with Crippen molar-refractivity contribution < 1.29 is 19.8 Å². The van der Waals surface area contributed by atoms with Crippen LogP contribution in [0.15, 0.2) is 12.4 Å². The van der Waals surface area contributed by atoms with E-state index < -0.39 is 0 Å². The second kappa shape index (κ2) is 11.8. The number of alkyl halides is 1. The molecule has 3 heterocycles. The van der Waals surface area contributed by atoms with Crippen molar-refractivity contribution in [2.45, 2.75) is 64.6 Å². The lowest BCUT2D eigenvalue weighted by Gasteiger charge is -2.28. The zero-order chi connectivity index (χ0) is 23.4. The summed E-state index contributed by atoms with van der Waals surface area (Å²) in [5, 5.41) is 17.8. The summed E-state index contributed by atoms with van der Waals surface area (Å²) in [6.45, 7) is 2.07. The number of β-amino-alcohol motifs (C(OH)–C–C–N with tert-alkyl or cyclic N) is 1. The van der Waals surface area contributed by atoms with E-state index in [0.29, 0.717) is 44.6 Å². The van der Waals surface area contributed by atoms with E-state index in [1.54, 1.807) is 11.1 Å². The van der Waals surface area contributed by atoms with Gasteiger partial charge in [-0.2, -0.15) is 0 Å². The highest BCUT2D eigenvalue weighted by Crippen LogP contribution is 2.40. The molecule has 3 aliphatic rings. The van der Waals surface area contributed by atoms with Crippen molar-refractivity contribution in [2.24, 2.45) is 0 Å². The van der Waals surface area contributed by atoms with Gasteiger partial charge >= 0.3 is 0 Å². The Balaban J connectivity index is 0.000000185. The monoisotopic (exact) mass is 494 g/mol. The number of amides is 2. The molecule has 5 rings (SSSR count). The highest BCUT2D eigenvalue weighted by atomic mass is 35.5. The third-order valence-corrected chi connectivity index (χ3v) is 6.32. The molecule has 2 amide bonds. The number of hydrogen-bond acceptors (Lipinski definition) is 6. The predicted octanol–water partition coefficient (Wildman–Crippen LogP) is 1.58. The molecule has 11 heteroatoms. The number of H-pyrrole nitrogens is 1. The number of hydrogen-bond donors (Lipinski definition) is 3. The van der Waals surface area contributed by atoms with Gasteiger partial charge in [0, 0.05) is 24.9 Å². The lowest BCUT2D eigenvalue weighted by atomic mass is 10.3. The Morgan fingerprint density at radius 1 is 1.12 bits per heavy atom. The van der Waals surface area contributed by atoms with Gasteiger partial charge in [0.25, 0.3) is 0 Å². The SMILES string of the molecule is C.O=C(CCl)N(CCO)Cc1cnc(C2CC2)[nH]1.O=C1Cn2c(cnc2C2CC2)CN1CCO. The summed E-state index contributed by atoms with van der Waals surface area (Å²) in [6.07, 6.45) is 8.39. The number of carbonyl (C=O) groups is 2. The first-order valence-corrected chi connectivity index (χ1v) is 12.0. The van der Waals surface area contributed by atoms with Gasteiger partial charge in [-0.3, -0.25) is 9.59 Å². The van der Waals surface area contributed by atoms with Gasteiger partial charge in [0.05, 0.1) is 50.1 Å². The molecule has 2 aromatic rings. The van der Waals surface area contributed by atoms with E-state index in [-0.39, 0.29) is 38.3 Å². The Morgan fingerprint density at radius 3 is 2.47 bits per heavy atom. The van der Waals surface area contributed by atoms with Crippen LogP contribution in [-0.2, 0) is 29.2 Å². The van der Waals surface area contributed by atoms with Crippen molar-refractivity contribution in [3.8, 4) is 0 Å². The Morgan fingerprint density at radius 2 is 1.85 bits per heavy atom. The van der Waals surface area contributed by atoms with Crippen molar-refractivity contribution in [2.75, 3.05) is 32.2 Å². The number of carbonyl (C=O) groups excluding carboxylic acids is 2. The average molecular weight is 495 g/mol. The maximum absolute atomic E-state index is 11.8. The van der Waals surface area contributed by atoms with Crippen LogP contribution in [0.5, 0.6) is 0 Å². The molecule has 3 N–H and O–H groups in total. The summed E-state index contributed by atoms with van der Waals surface area (Å²) in [5.74, 6) is 3.06. The van der Waals surface area contributed by atoms with Crippen LogP contribution < -0.4 is 0 Å². The van der Waals surface area contributed by atoms with E-state index in [2.05, 4.69) is 15.0 Å². The maximum Gasteiger partial charge on any atom is 0.242 e. The van der Waals surface area contributed by atoms with Crippen molar-refractivity contribution in [1.29, 1.82) is 0 Å². The van der Waals surface area contributed by atoms with Gasteiger partial charge in [-0.15, -0.1) is 11.6 Å². The van der Waals surface area contributed by atoms with Gasteiger partial charge in [-0.1, -0.05) is 7.43 Å². The molecule has 0 unspecified atom stereocenters. The van der Waals surface area contributed by atoms with Crippen LogP contribution in [0.25, 0.3) is 0 Å². The molecular formula is C23H35ClN6O4. The summed E-state index contributed by atoms with van der Waals surface area (Å²) in [4.78, 5) is 38.4. The molecule has 34 heavy (non-hydrogen) atoms. The summed E-state index contributed by atoms with van der Waals surface area (Å²) in [6, 6.07) is 0. The number of aliphatic hydroxyl groups excluding tert-OH is 2. The van der Waals surface area contributed by atoms with Crippen LogP contribution in [-0.4, -0.2) is 83.5 Å². The zero-order valence-electron chi connectivity index (χ0n) is 18.6. The first kappa shape index (κ1) is 26.2. The number of halogens is 1. The Bertz CT molecular complexity index is 969. The molecule has 10 nitrogen and oxygen atoms in total. The maximum atomic E-state index is 11.8. The van der Waals surface area contributed by atoms with Crippen LogP contribution in [0.1, 0.15) is 68.0 Å². The highest BCUT2D eigenvalue weighted by Gasteiger charge is 2.32. The Hall–Kier alpha value is -2.43. The molecule has 2 fully saturated rings. The lowest BCUT2D eigenvalue weighted by molar-refractivity contribution is -0.134. The van der Waals surface area contributed by atoms with Gasteiger partial charge in [0.2, 0.25) is 11.8 Å². The van der Waals surface area contributed by atoms with E-state index in [4.69, 9.17) is 21.8 Å². The van der Waals surface area contributed by atoms with E-state index in [0.717, 1.165) is 23.0 Å². The van der Waals surface area contributed by atoms with Crippen molar-refractivity contribution in [3.05, 3.63) is 35.4 Å². The fraction of sp³-hybridized carbons (Fsp3) is 0.652. The molecule has 0 saturated heterocycles. The van der Waals surface area contributed by atoms with Crippen molar-refractivity contribution >= 4 is 23.4 Å². The second-order valence-electron chi connectivity index (χ2n) is 8.75. The first-order valence-electron chi connectivity index (χ1n) is 11.4. The quantitative estimate of drug-likeness (QED) is 0.454. The van der Waals surface area contributed by atoms with E-state index in [1.807, 2.05) is 10.8 Å². The van der Waals surface area contributed by atoms with Gasteiger partial charge < -0.3 is 29.6 Å². The van der Waals surface area contributed by atoms with Crippen LogP contribution >= 0.6 is 11.6 Å². The van der Waals surface area contributed by atoms with Gasteiger partial charge in [0.15, 0.2) is 0 Å². The zero-order valence-corrected chi connectivity index (χ0v) is 19.4. The molecule has 1 aliphatic heterocycles. The number of imidazole rings is 2. The number of fused-ring (bicyclic) bond motifs is 1. The van der Waals surface area contributed by atoms with Crippen LogP contribution in [0.3, 0.4) is 0 Å². The Labute approximate surface area is 204 Å². The number of aromatic amines is 1. The standard InChI is InChI=1S/C11H16ClN3O2.C11H15N3O2.CH4/c12-5-10(17)15(3-4-16)7-9-6-13-11(14-9)8-1-2-8;15-4-3-13-6-9-5-12-11(8-1-2-8)14(9)7-10(13)16;/h6,8,16H,1-5,7H2,(H,13,14);5,8,15H,1-4,6-7H2;1H4. The largest absolute Gasteiger partial charge is 0.395 e. The Kier molecular flexibility index (Phi) is 9.10. The van der Waals surface area contributed by atoms with Gasteiger partial charge in [-0.05, 0) is 25.7 Å². The third-order valence-electron chi connectivity index (χ3n) is 6.09. The van der Waals surface area contributed by atoms with Gasteiger partial charge in [-0.25, -0.2) is 9.97 Å². The molecule has 0 atom stereocenters. The average Bonchev–Trinajstić information content (AvgIpc) is 3.75. The molecule has 0 radical (unpaired) electrons. The predicted molar refractivity (Wildman–Crippen MR) is 127 cm³/mol. The molecule has 2 aliphatic carbocycles. The lowest BCUT2D eigenvalue weighted by Crippen LogP contribution is -2.40. The van der Waals surface area contributed by atoms with Crippen LogP contribution in [0, 0.1) is 0 Å². The molecule has 0 aromatic carbocycles. The summed E-state index contributed by atoms with van der Waals surface area (Å²) in [7, 11) is 0. The number of nitrogens with one attached hydrogen (secondary N) is 1. The molecule has 2 aromatic heterocycles. The minimum Gasteiger partial charge on any atom is -0.395 e. The molecular weight excluding hydrogens is 460 g/mol. The molecule has 188 valence electrons. The normalized spacial score (nSPS) is 16.9. The number of rotatable bonds is 9. The topological polar surface area (TPSA) is 128 Å². The minimum absolute atomic E-state index is 0. The summed E-state index contributed by atoms with van der Waals surface area (Å²) in [5.41, 5.74) is 1.98.